The Bertz CT molecular complexity index is 1700. The predicted molar refractivity (Wildman–Crippen MR) is 205 cm³/mol. The van der Waals surface area contributed by atoms with Crippen molar-refractivity contribution in [1.82, 2.24) is 16.0 Å². The van der Waals surface area contributed by atoms with Gasteiger partial charge in [0.05, 0.1) is 16.6 Å². The van der Waals surface area contributed by atoms with E-state index >= 15 is 0 Å². The van der Waals surface area contributed by atoms with Gasteiger partial charge < -0.3 is 30.2 Å². The van der Waals surface area contributed by atoms with E-state index in [1.807, 2.05) is 135 Å². The highest BCUT2D eigenvalue weighted by Crippen LogP contribution is 2.26. The molecule has 0 aliphatic rings. The summed E-state index contributed by atoms with van der Waals surface area (Å²) in [5.41, 5.74) is 5.61. The van der Waals surface area contributed by atoms with Crippen molar-refractivity contribution >= 4 is 35.0 Å². The molecule has 9 nitrogen and oxygen atoms in total. The molecule has 3 aromatic carbocycles. The average molecular weight is 696 g/mol. The Morgan fingerprint density at radius 2 is 0.843 bits per heavy atom. The number of nitrogens with one attached hydrogen (secondary N) is 3. The zero-order valence-corrected chi connectivity index (χ0v) is 31.5. The highest BCUT2D eigenvalue weighted by Gasteiger charge is 2.30. The summed E-state index contributed by atoms with van der Waals surface area (Å²) in [5.74, 6) is 0. The molecule has 0 heterocycles. The average Bonchev–Trinajstić information content (AvgIpc) is 3.05. The van der Waals surface area contributed by atoms with Gasteiger partial charge in [0.1, 0.15) is 13.2 Å². The van der Waals surface area contributed by atoms with Gasteiger partial charge in [0.2, 0.25) is 0 Å². The topological polar surface area (TPSA) is 115 Å². The van der Waals surface area contributed by atoms with Gasteiger partial charge in [-0.3, -0.25) is 0 Å². The molecule has 272 valence electrons. The molecule has 0 radical (unpaired) electrons. The lowest BCUT2D eigenvalue weighted by molar-refractivity contribution is 0.00251. The largest absolute Gasteiger partial charge is 0.445 e. The molecule has 9 heteroatoms. The van der Waals surface area contributed by atoms with Gasteiger partial charge in [-0.05, 0) is 114 Å². The third-order valence-corrected chi connectivity index (χ3v) is 8.55. The number of carbonyl (C=O) groups is 3. The first-order valence-electron chi connectivity index (χ1n) is 16.9. The summed E-state index contributed by atoms with van der Waals surface area (Å²) in [6.07, 6.45) is -3.40. The highest BCUT2D eigenvalue weighted by molar-refractivity contribution is 5.71. The van der Waals surface area contributed by atoms with Crippen LogP contribution < -0.4 is 16.0 Å². The van der Waals surface area contributed by atoms with E-state index in [9.17, 15) is 14.4 Å². The second-order valence-corrected chi connectivity index (χ2v) is 14.6. The number of rotatable bonds is 14. The zero-order chi connectivity index (χ0) is 38.1. The van der Waals surface area contributed by atoms with E-state index in [4.69, 9.17) is 14.2 Å². The first kappa shape index (κ1) is 40.1. The van der Waals surface area contributed by atoms with Crippen molar-refractivity contribution in [3.8, 4) is 0 Å². The molecule has 0 bridgehead atoms. The molecule has 3 N–H and O–H groups in total. The Labute approximate surface area is 303 Å². The lowest BCUT2D eigenvalue weighted by Gasteiger charge is -2.30. The standard InChI is InChI=1S/C42H53N3O6/c1-27(2)30-16-13-19-33(22-30)40(7,8)43-37(46)49-25-36(51-39(48)45-42(11,12)35-21-15-18-32(24-35)29(5)6)26-50-38(47)44-41(9,10)34-20-14-17-31(23-34)28(3)4/h13-24,36H,1,3,5,25-26H2,2,4,6-12H3,(H,43,46)(H,44,47)(H,45,48). The van der Waals surface area contributed by atoms with Crippen LogP contribution in [0.5, 0.6) is 0 Å². The number of hydrogen-bond donors (Lipinski definition) is 3. The predicted octanol–water partition coefficient (Wildman–Crippen LogP) is 9.44. The second kappa shape index (κ2) is 16.6. The Kier molecular flexibility index (Phi) is 13.1. The molecule has 3 aromatic rings. The van der Waals surface area contributed by atoms with Gasteiger partial charge >= 0.3 is 18.3 Å². The fraction of sp³-hybridized carbons (Fsp3) is 0.357. The summed E-state index contributed by atoms with van der Waals surface area (Å²) in [4.78, 5) is 39.4. The fourth-order valence-corrected chi connectivity index (χ4v) is 5.21. The van der Waals surface area contributed by atoms with E-state index in [1.54, 1.807) is 0 Å². The highest BCUT2D eigenvalue weighted by atomic mass is 16.6. The molecular weight excluding hydrogens is 642 g/mol. The Balaban J connectivity index is 1.74. The Hall–Kier alpha value is -5.31. The summed E-state index contributed by atoms with van der Waals surface area (Å²) in [5, 5.41) is 8.61. The van der Waals surface area contributed by atoms with E-state index in [0.29, 0.717) is 0 Å². The number of benzene rings is 3. The van der Waals surface area contributed by atoms with E-state index in [0.717, 1.165) is 50.1 Å². The SMILES string of the molecule is C=C(C)c1cccc(C(C)(C)NC(=O)OCC(COC(=O)NC(C)(C)c2cccc(C(=C)C)c2)OC(=O)NC(C)(C)c2cccc(C(=C)C)c2)c1. The summed E-state index contributed by atoms with van der Waals surface area (Å²) >= 11 is 0. The Morgan fingerprint density at radius 1 is 0.549 bits per heavy atom. The van der Waals surface area contributed by atoms with Crippen LogP contribution in [0.4, 0.5) is 14.4 Å². The van der Waals surface area contributed by atoms with Crippen molar-refractivity contribution in [2.24, 2.45) is 0 Å². The molecule has 3 amide bonds. The van der Waals surface area contributed by atoms with Crippen molar-refractivity contribution < 1.29 is 28.6 Å². The molecule has 0 saturated heterocycles. The molecule has 51 heavy (non-hydrogen) atoms. The minimum atomic E-state index is -1.14. The fourth-order valence-electron chi connectivity index (χ4n) is 5.21. The van der Waals surface area contributed by atoms with Gasteiger partial charge in [-0.1, -0.05) is 91.1 Å². The van der Waals surface area contributed by atoms with Crippen LogP contribution in [-0.2, 0) is 30.8 Å². The van der Waals surface area contributed by atoms with Crippen molar-refractivity contribution in [2.45, 2.75) is 85.0 Å². The van der Waals surface area contributed by atoms with Gasteiger partial charge in [0.25, 0.3) is 0 Å². The number of hydrogen-bond acceptors (Lipinski definition) is 6. The van der Waals surface area contributed by atoms with Crippen LogP contribution >= 0.6 is 0 Å². The molecule has 0 fully saturated rings. The maximum atomic E-state index is 13.3. The molecule has 0 atom stereocenters. The van der Waals surface area contributed by atoms with Gasteiger partial charge in [-0.15, -0.1) is 0 Å². The van der Waals surface area contributed by atoms with Crippen LogP contribution in [0.15, 0.2) is 92.5 Å². The molecule has 0 unspecified atom stereocenters. The summed E-state index contributed by atoms with van der Waals surface area (Å²) < 4.78 is 16.8. The summed E-state index contributed by atoms with van der Waals surface area (Å²) in [7, 11) is 0. The minimum Gasteiger partial charge on any atom is -0.445 e. The van der Waals surface area contributed by atoms with Gasteiger partial charge in [0, 0.05) is 0 Å². The van der Waals surface area contributed by atoms with Crippen molar-refractivity contribution in [3.05, 3.63) is 126 Å². The van der Waals surface area contributed by atoms with Crippen molar-refractivity contribution in [3.63, 3.8) is 0 Å². The van der Waals surface area contributed by atoms with E-state index in [2.05, 4.69) is 35.7 Å². The molecule has 0 saturated carbocycles. The van der Waals surface area contributed by atoms with Crippen LogP contribution in [0.1, 0.15) is 95.7 Å². The van der Waals surface area contributed by atoms with Crippen molar-refractivity contribution in [2.75, 3.05) is 13.2 Å². The van der Waals surface area contributed by atoms with Crippen LogP contribution in [0.25, 0.3) is 16.7 Å². The molecule has 3 rings (SSSR count). The van der Waals surface area contributed by atoms with Gasteiger partial charge in [0.15, 0.2) is 6.10 Å². The zero-order valence-electron chi connectivity index (χ0n) is 31.5. The third-order valence-electron chi connectivity index (χ3n) is 8.55. The lowest BCUT2D eigenvalue weighted by atomic mass is 9.92. The maximum Gasteiger partial charge on any atom is 0.408 e. The molecule has 0 aliphatic carbocycles. The van der Waals surface area contributed by atoms with E-state index in [1.165, 1.54) is 0 Å². The van der Waals surface area contributed by atoms with E-state index in [-0.39, 0.29) is 13.2 Å². The third kappa shape index (κ3) is 11.6. The molecule has 0 aliphatic heterocycles. The van der Waals surface area contributed by atoms with Crippen LogP contribution in [-0.4, -0.2) is 37.6 Å². The van der Waals surface area contributed by atoms with Crippen LogP contribution in [0.2, 0.25) is 0 Å². The number of amides is 3. The first-order valence-corrected chi connectivity index (χ1v) is 16.9. The number of carbonyl (C=O) groups excluding carboxylic acids is 3. The quantitative estimate of drug-likeness (QED) is 0.145. The molecular formula is C42H53N3O6. The normalized spacial score (nSPS) is 11.6. The van der Waals surface area contributed by atoms with Crippen LogP contribution in [0.3, 0.4) is 0 Å². The van der Waals surface area contributed by atoms with Crippen molar-refractivity contribution in [1.29, 1.82) is 0 Å². The number of alkyl carbamates (subject to hydrolysis) is 3. The van der Waals surface area contributed by atoms with Gasteiger partial charge in [-0.25, -0.2) is 14.4 Å². The van der Waals surface area contributed by atoms with Crippen LogP contribution in [0, 0.1) is 0 Å². The number of allylic oxidation sites excluding steroid dienone is 3. The first-order chi connectivity index (χ1) is 23.7. The monoisotopic (exact) mass is 695 g/mol. The summed E-state index contributed by atoms with van der Waals surface area (Å²) in [6.45, 7) is 28.0. The number of ether oxygens (including phenoxy) is 3. The molecule has 0 aromatic heterocycles. The maximum absolute atomic E-state index is 13.3. The van der Waals surface area contributed by atoms with E-state index < -0.39 is 41.0 Å². The molecule has 0 spiro atoms. The Morgan fingerprint density at radius 3 is 1.14 bits per heavy atom. The smallest absolute Gasteiger partial charge is 0.408 e. The van der Waals surface area contributed by atoms with Gasteiger partial charge in [-0.2, -0.15) is 0 Å². The lowest BCUT2D eigenvalue weighted by Crippen LogP contribution is -2.46. The summed E-state index contributed by atoms with van der Waals surface area (Å²) in [6, 6.07) is 23.1. The minimum absolute atomic E-state index is 0.385. The second-order valence-electron chi connectivity index (χ2n) is 14.6.